The Hall–Kier alpha value is -3.03. The molecule has 1 N–H and O–H groups in total. The van der Waals surface area contributed by atoms with Crippen LogP contribution >= 0.6 is 0 Å². The van der Waals surface area contributed by atoms with Crippen molar-refractivity contribution in [2.45, 2.75) is 20.8 Å². The molecule has 0 aliphatic carbocycles. The van der Waals surface area contributed by atoms with Crippen molar-refractivity contribution in [2.24, 2.45) is 0 Å². The highest BCUT2D eigenvalue weighted by molar-refractivity contribution is 6.09. The van der Waals surface area contributed by atoms with Crippen LogP contribution in [0.5, 0.6) is 0 Å². The monoisotopic (exact) mass is 364 g/mol. The van der Waals surface area contributed by atoms with Crippen LogP contribution in [0, 0.1) is 0 Å². The van der Waals surface area contributed by atoms with Crippen molar-refractivity contribution >= 4 is 23.3 Å². The van der Waals surface area contributed by atoms with Gasteiger partial charge in [0.05, 0.1) is 30.4 Å². The number of nitrogens with one attached hydrogen (secondary N) is 1. The summed E-state index contributed by atoms with van der Waals surface area (Å²) in [6.45, 7) is 5.17. The van der Waals surface area contributed by atoms with E-state index in [9.17, 15) is 14.7 Å². The highest BCUT2D eigenvalue weighted by Crippen LogP contribution is 2.12. The number of carbonyl (C=O) groups is 2. The summed E-state index contributed by atoms with van der Waals surface area (Å²) in [5, 5.41) is 15.1. The molecule has 1 aromatic rings. The van der Waals surface area contributed by atoms with Gasteiger partial charge in [0.2, 0.25) is 0 Å². The van der Waals surface area contributed by atoms with E-state index in [1.807, 2.05) is 0 Å². The zero-order chi connectivity index (χ0) is 19.5. The molecule has 1 heterocycles. The summed E-state index contributed by atoms with van der Waals surface area (Å²) >= 11 is 0. The van der Waals surface area contributed by atoms with Crippen LogP contribution in [-0.4, -0.2) is 38.8 Å². The molecule has 26 heavy (non-hydrogen) atoms. The maximum atomic E-state index is 12.4. The Morgan fingerprint density at radius 1 is 1.12 bits per heavy atom. The summed E-state index contributed by atoms with van der Waals surface area (Å²) in [6.07, 6.45) is 4.33. The number of anilines is 1. The molecule has 1 rings (SSSR count). The van der Waals surface area contributed by atoms with Gasteiger partial charge in [0.1, 0.15) is 0 Å². The molecular formula is C18H24N2O6. The molecule has 8 heteroatoms. The minimum atomic E-state index is -0.877. The van der Waals surface area contributed by atoms with E-state index in [1.165, 1.54) is 4.57 Å². The molecule has 0 aliphatic heterocycles. The molecule has 0 bridgehead atoms. The number of pyridine rings is 1. The lowest BCUT2D eigenvalue weighted by Crippen LogP contribution is -2.37. The van der Waals surface area contributed by atoms with Crippen molar-refractivity contribution in [3.63, 3.8) is 0 Å². The third-order valence-corrected chi connectivity index (χ3v) is 3.12. The lowest BCUT2D eigenvalue weighted by atomic mass is 10.2. The second-order valence-corrected chi connectivity index (χ2v) is 4.85. The van der Waals surface area contributed by atoms with E-state index >= 15 is 0 Å². The van der Waals surface area contributed by atoms with E-state index in [0.29, 0.717) is 0 Å². The number of carbonyl (C=O) groups excluding carboxylic acids is 2. The first kappa shape index (κ1) is 21.0. The van der Waals surface area contributed by atoms with Crippen molar-refractivity contribution in [3.8, 4) is 0 Å². The Kier molecular flexibility index (Phi) is 8.69. The van der Waals surface area contributed by atoms with E-state index < -0.39 is 17.9 Å². The van der Waals surface area contributed by atoms with Crippen LogP contribution < -0.4 is 15.0 Å². The molecule has 0 unspecified atom stereocenters. The van der Waals surface area contributed by atoms with Gasteiger partial charge >= 0.3 is 11.9 Å². The van der Waals surface area contributed by atoms with Gasteiger partial charge in [0.25, 0.3) is 5.70 Å². The van der Waals surface area contributed by atoms with E-state index in [4.69, 9.17) is 14.2 Å². The van der Waals surface area contributed by atoms with E-state index in [2.05, 4.69) is 5.32 Å². The number of nitrogens with zero attached hydrogens (tertiary/aromatic N) is 1. The molecule has 0 atom stereocenters. The van der Waals surface area contributed by atoms with Gasteiger partial charge in [0.15, 0.2) is 12.4 Å². The quantitative estimate of drug-likeness (QED) is 0.225. The summed E-state index contributed by atoms with van der Waals surface area (Å²) in [5.41, 5.74) is 0.302. The molecule has 0 saturated heterocycles. The van der Waals surface area contributed by atoms with Crippen LogP contribution in [0.15, 0.2) is 42.1 Å². The Balaban J connectivity index is 3.51. The number of aromatic nitrogens is 1. The minimum absolute atomic E-state index is 0.0277. The van der Waals surface area contributed by atoms with Gasteiger partial charge in [-0.1, -0.05) is 6.92 Å². The SMILES string of the molecule is CCOC(=O)C(/C=C(\C(=O)OCC)[n+]1cccc(NC)c1)=C(/[O-])OCC. The highest BCUT2D eigenvalue weighted by atomic mass is 16.6. The molecule has 8 nitrogen and oxygen atoms in total. The lowest BCUT2D eigenvalue weighted by Gasteiger charge is -2.16. The van der Waals surface area contributed by atoms with Crippen LogP contribution in [0.2, 0.25) is 0 Å². The van der Waals surface area contributed by atoms with Gasteiger partial charge in [0, 0.05) is 19.2 Å². The normalized spacial score (nSPS) is 12.1. The zero-order valence-electron chi connectivity index (χ0n) is 15.4. The Bertz CT molecular complexity index is 697. The minimum Gasteiger partial charge on any atom is -0.613 e. The van der Waals surface area contributed by atoms with Gasteiger partial charge in [-0.2, -0.15) is 4.57 Å². The molecule has 0 amide bonds. The molecule has 0 aromatic carbocycles. The van der Waals surface area contributed by atoms with E-state index in [-0.39, 0.29) is 31.1 Å². The van der Waals surface area contributed by atoms with Crippen LogP contribution in [-0.2, 0) is 23.8 Å². The number of esters is 2. The largest absolute Gasteiger partial charge is 0.613 e. The molecule has 1 aromatic heterocycles. The first-order chi connectivity index (χ1) is 12.5. The van der Waals surface area contributed by atoms with E-state index in [1.54, 1.807) is 52.3 Å². The number of rotatable bonds is 9. The van der Waals surface area contributed by atoms with Gasteiger partial charge < -0.3 is 24.6 Å². The van der Waals surface area contributed by atoms with Crippen molar-refractivity contribution in [2.75, 3.05) is 32.2 Å². The van der Waals surface area contributed by atoms with Crippen LogP contribution in [0.25, 0.3) is 5.70 Å². The summed E-state index contributed by atoms with van der Waals surface area (Å²) in [7, 11) is 1.72. The second kappa shape index (κ2) is 10.8. The first-order valence-corrected chi connectivity index (χ1v) is 8.27. The van der Waals surface area contributed by atoms with Gasteiger partial charge in [-0.15, -0.1) is 0 Å². The van der Waals surface area contributed by atoms with Gasteiger partial charge in [-0.25, -0.2) is 9.59 Å². The molecule has 0 fully saturated rings. The van der Waals surface area contributed by atoms with Crippen molar-refractivity contribution in [1.29, 1.82) is 0 Å². The van der Waals surface area contributed by atoms with Crippen molar-refractivity contribution in [3.05, 3.63) is 42.1 Å². The van der Waals surface area contributed by atoms with Gasteiger partial charge in [-0.05, 0) is 26.5 Å². The maximum absolute atomic E-state index is 12.4. The average molecular weight is 364 g/mol. The fourth-order valence-electron chi connectivity index (χ4n) is 1.97. The molecular weight excluding hydrogens is 340 g/mol. The summed E-state index contributed by atoms with van der Waals surface area (Å²) in [4.78, 5) is 24.5. The number of hydrogen-bond acceptors (Lipinski definition) is 7. The fourth-order valence-corrected chi connectivity index (χ4v) is 1.97. The second-order valence-electron chi connectivity index (χ2n) is 4.85. The predicted molar refractivity (Wildman–Crippen MR) is 92.4 cm³/mol. The van der Waals surface area contributed by atoms with Crippen LogP contribution in [0.1, 0.15) is 20.8 Å². The molecule has 0 aliphatic rings. The highest BCUT2D eigenvalue weighted by Gasteiger charge is 2.25. The summed E-state index contributed by atoms with van der Waals surface area (Å²) in [6, 6.07) is 3.49. The third-order valence-electron chi connectivity index (χ3n) is 3.12. The molecule has 142 valence electrons. The lowest BCUT2D eigenvalue weighted by molar-refractivity contribution is -0.577. The maximum Gasteiger partial charge on any atom is 0.404 e. The molecule has 0 saturated carbocycles. The third kappa shape index (κ3) is 5.80. The standard InChI is InChI=1S/C18H24N2O6/c1-5-24-16(21)14(17(22)25-6-2)11-15(18(23)26-7-3)20-10-8-9-13(12-20)19-4/h8-12,19H,5-7H2,1-4H3. The molecule has 0 radical (unpaired) electrons. The number of hydrogen-bond donors (Lipinski definition) is 1. The zero-order valence-corrected chi connectivity index (χ0v) is 15.4. The fraction of sp³-hybridized carbons (Fsp3) is 0.389. The van der Waals surface area contributed by atoms with Crippen molar-refractivity contribution in [1.82, 2.24) is 0 Å². The average Bonchev–Trinajstić information content (AvgIpc) is 2.63. The Morgan fingerprint density at radius 2 is 1.73 bits per heavy atom. The van der Waals surface area contributed by atoms with Crippen LogP contribution in [0.3, 0.4) is 0 Å². The Morgan fingerprint density at radius 3 is 2.31 bits per heavy atom. The Labute approximate surface area is 152 Å². The van der Waals surface area contributed by atoms with Crippen LogP contribution in [0.4, 0.5) is 5.69 Å². The summed E-state index contributed by atoms with van der Waals surface area (Å²) in [5.74, 6) is -2.45. The van der Waals surface area contributed by atoms with E-state index in [0.717, 1.165) is 11.8 Å². The topological polar surface area (TPSA) is 101 Å². The predicted octanol–water partition coefficient (Wildman–Crippen LogP) is 0.591. The van der Waals surface area contributed by atoms with Gasteiger partial charge in [-0.3, -0.25) is 0 Å². The summed E-state index contributed by atoms with van der Waals surface area (Å²) < 4.78 is 16.3. The first-order valence-electron chi connectivity index (χ1n) is 8.27. The smallest absolute Gasteiger partial charge is 0.404 e. The number of ether oxygens (including phenoxy) is 3. The molecule has 0 spiro atoms. The van der Waals surface area contributed by atoms with Crippen molar-refractivity contribution < 1.29 is 33.5 Å².